The van der Waals surface area contributed by atoms with Crippen LogP contribution < -0.4 is 0 Å². The van der Waals surface area contributed by atoms with Crippen LogP contribution in [0.2, 0.25) is 0 Å². The van der Waals surface area contributed by atoms with Gasteiger partial charge in [-0.2, -0.15) is 0 Å². The fraction of sp³-hybridized carbons (Fsp3) is 1.00. The molecule has 14 heavy (non-hydrogen) atoms. The van der Waals surface area contributed by atoms with Crippen molar-refractivity contribution in [3.63, 3.8) is 0 Å². The Morgan fingerprint density at radius 1 is 1.21 bits per heavy atom. The zero-order valence-corrected chi connectivity index (χ0v) is 9.92. The number of likely N-dealkylation sites (tertiary alicyclic amines) is 2. The summed E-state index contributed by atoms with van der Waals surface area (Å²) in [6, 6.07) is 0.745. The van der Waals surface area contributed by atoms with Crippen LogP contribution in [0.5, 0.6) is 0 Å². The molecule has 2 nitrogen and oxygen atoms in total. The van der Waals surface area contributed by atoms with Crippen LogP contribution in [0.4, 0.5) is 0 Å². The van der Waals surface area contributed by atoms with Gasteiger partial charge in [-0.15, -0.1) is 0 Å². The molecule has 0 saturated carbocycles. The topological polar surface area (TPSA) is 6.48 Å². The molecule has 0 aromatic heterocycles. The fourth-order valence-electron chi connectivity index (χ4n) is 3.05. The molecular formula is C12H24N2. The van der Waals surface area contributed by atoms with Crippen molar-refractivity contribution in [3.05, 3.63) is 0 Å². The molecule has 0 radical (unpaired) electrons. The summed E-state index contributed by atoms with van der Waals surface area (Å²) in [4.78, 5) is 5.26. The standard InChI is InChI=1S/C12H24N2/c1-4-6-13-8-12(9-13)5-7-14(10-12)11(2)3/h11H,4-10H2,1-3H3. The monoisotopic (exact) mass is 196 g/mol. The summed E-state index contributed by atoms with van der Waals surface area (Å²) in [6.45, 7) is 13.6. The highest BCUT2D eigenvalue weighted by molar-refractivity contribution is 5.01. The molecule has 2 heteroatoms. The van der Waals surface area contributed by atoms with Gasteiger partial charge in [-0.3, -0.25) is 0 Å². The largest absolute Gasteiger partial charge is 0.302 e. The lowest BCUT2D eigenvalue weighted by atomic mass is 9.79. The maximum Gasteiger partial charge on any atom is 0.00970 e. The van der Waals surface area contributed by atoms with Crippen LogP contribution in [0.3, 0.4) is 0 Å². The molecule has 2 fully saturated rings. The Bertz CT molecular complexity index is 194. The molecule has 0 bridgehead atoms. The molecule has 2 aliphatic rings. The van der Waals surface area contributed by atoms with Gasteiger partial charge in [0.15, 0.2) is 0 Å². The lowest BCUT2D eigenvalue weighted by Crippen LogP contribution is -2.57. The van der Waals surface area contributed by atoms with Crippen LogP contribution in [0.25, 0.3) is 0 Å². The van der Waals surface area contributed by atoms with Crippen molar-refractivity contribution in [2.45, 2.75) is 39.7 Å². The maximum atomic E-state index is 2.64. The van der Waals surface area contributed by atoms with E-state index in [0.29, 0.717) is 5.41 Å². The van der Waals surface area contributed by atoms with Crippen LogP contribution >= 0.6 is 0 Å². The van der Waals surface area contributed by atoms with Crippen molar-refractivity contribution in [1.82, 2.24) is 9.80 Å². The highest BCUT2D eigenvalue weighted by Gasteiger charge is 2.47. The molecular weight excluding hydrogens is 172 g/mol. The van der Waals surface area contributed by atoms with Gasteiger partial charge in [0.05, 0.1) is 0 Å². The highest BCUT2D eigenvalue weighted by atomic mass is 15.3. The first kappa shape index (κ1) is 10.4. The van der Waals surface area contributed by atoms with Crippen LogP contribution in [-0.4, -0.2) is 48.6 Å². The van der Waals surface area contributed by atoms with E-state index in [4.69, 9.17) is 0 Å². The molecule has 2 saturated heterocycles. The van der Waals surface area contributed by atoms with E-state index in [1.165, 1.54) is 45.6 Å². The van der Waals surface area contributed by atoms with Crippen molar-refractivity contribution in [2.75, 3.05) is 32.7 Å². The summed E-state index contributed by atoms with van der Waals surface area (Å²) in [7, 11) is 0. The Hall–Kier alpha value is -0.0800. The number of nitrogens with zero attached hydrogens (tertiary/aromatic N) is 2. The van der Waals surface area contributed by atoms with E-state index in [-0.39, 0.29) is 0 Å². The second-order valence-electron chi connectivity index (χ2n) is 5.52. The summed E-state index contributed by atoms with van der Waals surface area (Å²) < 4.78 is 0. The summed E-state index contributed by atoms with van der Waals surface area (Å²) >= 11 is 0. The van der Waals surface area contributed by atoms with Gasteiger partial charge in [0, 0.05) is 31.1 Å². The molecule has 0 aliphatic carbocycles. The average Bonchev–Trinajstić information content (AvgIpc) is 2.48. The first-order valence-electron chi connectivity index (χ1n) is 6.12. The maximum absolute atomic E-state index is 2.64. The molecule has 0 aromatic rings. The summed E-state index contributed by atoms with van der Waals surface area (Å²) in [5.41, 5.74) is 0.694. The second-order valence-corrected chi connectivity index (χ2v) is 5.52. The normalized spacial score (nSPS) is 27.4. The van der Waals surface area contributed by atoms with E-state index < -0.39 is 0 Å². The fourth-order valence-corrected chi connectivity index (χ4v) is 3.05. The third kappa shape index (κ3) is 1.82. The van der Waals surface area contributed by atoms with E-state index in [2.05, 4.69) is 30.6 Å². The Morgan fingerprint density at radius 2 is 1.93 bits per heavy atom. The van der Waals surface area contributed by atoms with Gasteiger partial charge < -0.3 is 9.80 Å². The predicted octanol–water partition coefficient (Wildman–Crippen LogP) is 1.81. The highest BCUT2D eigenvalue weighted by Crippen LogP contribution is 2.39. The van der Waals surface area contributed by atoms with Gasteiger partial charge in [0.1, 0.15) is 0 Å². The van der Waals surface area contributed by atoms with Crippen molar-refractivity contribution >= 4 is 0 Å². The SMILES string of the molecule is CCCN1CC2(CCN(C(C)C)C2)C1. The van der Waals surface area contributed by atoms with Crippen molar-refractivity contribution in [2.24, 2.45) is 5.41 Å². The minimum Gasteiger partial charge on any atom is -0.302 e. The Labute approximate surface area is 88.3 Å². The molecule has 0 atom stereocenters. The summed E-state index contributed by atoms with van der Waals surface area (Å²) in [6.07, 6.45) is 2.75. The van der Waals surface area contributed by atoms with E-state index >= 15 is 0 Å². The lowest BCUT2D eigenvalue weighted by molar-refractivity contribution is 0.00664. The van der Waals surface area contributed by atoms with Gasteiger partial charge in [0.25, 0.3) is 0 Å². The Morgan fingerprint density at radius 3 is 2.43 bits per heavy atom. The Balaban J connectivity index is 1.80. The molecule has 2 aliphatic heterocycles. The molecule has 2 heterocycles. The lowest BCUT2D eigenvalue weighted by Gasteiger charge is -2.48. The molecule has 2 rings (SSSR count). The first-order valence-corrected chi connectivity index (χ1v) is 6.12. The average molecular weight is 196 g/mol. The quantitative estimate of drug-likeness (QED) is 0.679. The van der Waals surface area contributed by atoms with E-state index in [1.54, 1.807) is 0 Å². The summed E-state index contributed by atoms with van der Waals surface area (Å²) in [5.74, 6) is 0. The van der Waals surface area contributed by atoms with Crippen LogP contribution in [0, 0.1) is 5.41 Å². The summed E-state index contributed by atoms with van der Waals surface area (Å²) in [5, 5.41) is 0. The number of hydrogen-bond donors (Lipinski definition) is 0. The molecule has 0 aromatic carbocycles. The van der Waals surface area contributed by atoms with Gasteiger partial charge in [-0.05, 0) is 39.8 Å². The van der Waals surface area contributed by atoms with Crippen molar-refractivity contribution in [1.29, 1.82) is 0 Å². The van der Waals surface area contributed by atoms with Gasteiger partial charge in [-0.1, -0.05) is 6.92 Å². The van der Waals surface area contributed by atoms with Crippen LogP contribution in [0.1, 0.15) is 33.6 Å². The number of rotatable bonds is 3. The molecule has 1 spiro atoms. The number of hydrogen-bond acceptors (Lipinski definition) is 2. The molecule has 0 unspecified atom stereocenters. The zero-order valence-electron chi connectivity index (χ0n) is 9.92. The van der Waals surface area contributed by atoms with Crippen molar-refractivity contribution < 1.29 is 0 Å². The molecule has 0 amide bonds. The minimum absolute atomic E-state index is 0.694. The smallest absolute Gasteiger partial charge is 0.00970 e. The van der Waals surface area contributed by atoms with Crippen LogP contribution in [0.15, 0.2) is 0 Å². The van der Waals surface area contributed by atoms with Gasteiger partial charge in [0.2, 0.25) is 0 Å². The van der Waals surface area contributed by atoms with Gasteiger partial charge in [-0.25, -0.2) is 0 Å². The molecule has 82 valence electrons. The Kier molecular flexibility index (Phi) is 2.85. The minimum atomic E-state index is 0.694. The third-order valence-electron chi connectivity index (χ3n) is 3.86. The van der Waals surface area contributed by atoms with E-state index in [9.17, 15) is 0 Å². The van der Waals surface area contributed by atoms with Gasteiger partial charge >= 0.3 is 0 Å². The zero-order chi connectivity index (χ0) is 10.2. The molecule has 0 N–H and O–H groups in total. The predicted molar refractivity (Wildman–Crippen MR) is 60.5 cm³/mol. The van der Waals surface area contributed by atoms with Crippen molar-refractivity contribution in [3.8, 4) is 0 Å². The van der Waals surface area contributed by atoms with E-state index in [0.717, 1.165) is 6.04 Å². The van der Waals surface area contributed by atoms with E-state index in [1.807, 2.05) is 0 Å². The second kappa shape index (κ2) is 3.82. The van der Waals surface area contributed by atoms with Crippen LogP contribution in [-0.2, 0) is 0 Å². The first-order chi connectivity index (χ1) is 6.65. The third-order valence-corrected chi connectivity index (χ3v) is 3.86.